The first-order valence-electron chi connectivity index (χ1n) is 11.7. The van der Waals surface area contributed by atoms with E-state index in [1.807, 2.05) is 0 Å². The second kappa shape index (κ2) is 9.93. The average Bonchev–Trinajstić information content (AvgIpc) is 2.77. The Bertz CT molecular complexity index is 695. The molecule has 1 aromatic carbocycles. The molecule has 2 fully saturated rings. The molecule has 160 valence electrons. The van der Waals surface area contributed by atoms with Crippen LogP contribution in [0.2, 0.25) is 0 Å². The minimum Gasteiger partial charge on any atom is -0.342 e. The Morgan fingerprint density at radius 2 is 1.86 bits per heavy atom. The Morgan fingerprint density at radius 3 is 2.59 bits per heavy atom. The molecule has 0 spiro atoms. The number of halogens is 1. The number of benzene rings is 1. The number of fused-ring (bicyclic) bond motifs is 1. The molecule has 0 aromatic heterocycles. The van der Waals surface area contributed by atoms with Crippen LogP contribution in [-0.4, -0.2) is 60.5 Å². The summed E-state index contributed by atoms with van der Waals surface area (Å²) in [6.07, 6.45) is 9.13. The lowest BCUT2D eigenvalue weighted by molar-refractivity contribution is -0.138. The van der Waals surface area contributed by atoms with E-state index in [-0.39, 0.29) is 5.92 Å². The number of piperidine rings is 2. The molecule has 1 N–H and O–H groups in total. The minimum absolute atomic E-state index is 0.257. The highest BCUT2D eigenvalue weighted by molar-refractivity contribution is 9.10. The number of carbonyl (C=O) groups is 1. The molecule has 1 aliphatic carbocycles. The normalized spacial score (nSPS) is 24.0. The van der Waals surface area contributed by atoms with Crippen molar-refractivity contribution in [3.63, 3.8) is 0 Å². The topological polar surface area (TPSA) is 35.6 Å². The fourth-order valence-electron chi connectivity index (χ4n) is 5.66. The number of amides is 1. The maximum absolute atomic E-state index is 12.9. The van der Waals surface area contributed by atoms with Gasteiger partial charge in [0, 0.05) is 35.6 Å². The van der Waals surface area contributed by atoms with Crippen LogP contribution in [0.15, 0.2) is 22.7 Å². The van der Waals surface area contributed by atoms with E-state index >= 15 is 0 Å². The number of likely N-dealkylation sites (tertiary alicyclic amines) is 1. The largest absolute Gasteiger partial charge is 0.342 e. The molecular weight excluding hydrogens is 426 g/mol. The van der Waals surface area contributed by atoms with Crippen molar-refractivity contribution in [2.45, 2.75) is 70.4 Å². The lowest BCUT2D eigenvalue weighted by Crippen LogP contribution is -2.52. The van der Waals surface area contributed by atoms with Crippen molar-refractivity contribution in [2.75, 3.05) is 32.7 Å². The first-order chi connectivity index (χ1) is 14.2. The lowest BCUT2D eigenvalue weighted by atomic mass is 9.86. The summed E-state index contributed by atoms with van der Waals surface area (Å²) in [5, 5.41) is 3.38. The van der Waals surface area contributed by atoms with Crippen LogP contribution >= 0.6 is 15.9 Å². The third-order valence-electron chi connectivity index (χ3n) is 7.26. The van der Waals surface area contributed by atoms with Crippen molar-refractivity contribution < 1.29 is 4.79 Å². The molecule has 0 saturated carbocycles. The Kier molecular flexibility index (Phi) is 7.30. The monoisotopic (exact) mass is 461 g/mol. The summed E-state index contributed by atoms with van der Waals surface area (Å²) in [6, 6.07) is 8.08. The third-order valence-corrected chi connectivity index (χ3v) is 7.75. The zero-order valence-electron chi connectivity index (χ0n) is 17.8. The maximum atomic E-state index is 12.9. The number of aryl methyl sites for hydroxylation is 1. The number of hydrogen-bond donors (Lipinski definition) is 1. The number of carbonyl (C=O) groups excluding carboxylic acids is 1. The maximum Gasteiger partial charge on any atom is 0.225 e. The summed E-state index contributed by atoms with van der Waals surface area (Å²) in [6.45, 7) is 7.37. The van der Waals surface area contributed by atoms with Gasteiger partial charge in [0.25, 0.3) is 0 Å². The lowest BCUT2D eigenvalue weighted by Gasteiger charge is -2.44. The number of nitrogens with zero attached hydrogens (tertiary/aromatic N) is 2. The van der Waals surface area contributed by atoms with E-state index in [4.69, 9.17) is 0 Å². The zero-order chi connectivity index (χ0) is 20.2. The van der Waals surface area contributed by atoms with Crippen LogP contribution in [0.25, 0.3) is 0 Å². The molecule has 29 heavy (non-hydrogen) atoms. The van der Waals surface area contributed by atoms with E-state index in [1.54, 1.807) is 0 Å². The molecule has 0 unspecified atom stereocenters. The van der Waals surface area contributed by atoms with E-state index in [2.05, 4.69) is 56.2 Å². The van der Waals surface area contributed by atoms with Gasteiger partial charge in [0.05, 0.1) is 0 Å². The van der Waals surface area contributed by atoms with Crippen molar-refractivity contribution in [1.29, 1.82) is 0 Å². The van der Waals surface area contributed by atoms with Crippen LogP contribution in [0.3, 0.4) is 0 Å². The van der Waals surface area contributed by atoms with Gasteiger partial charge in [0.1, 0.15) is 0 Å². The fourth-order valence-corrected chi connectivity index (χ4v) is 6.06. The van der Waals surface area contributed by atoms with Gasteiger partial charge in [0.2, 0.25) is 5.91 Å². The van der Waals surface area contributed by atoms with Gasteiger partial charge in [0.15, 0.2) is 0 Å². The van der Waals surface area contributed by atoms with Crippen molar-refractivity contribution >= 4 is 21.8 Å². The Hall–Kier alpha value is -0.910. The first-order valence-corrected chi connectivity index (χ1v) is 12.5. The quantitative estimate of drug-likeness (QED) is 0.719. The van der Waals surface area contributed by atoms with E-state index in [9.17, 15) is 4.79 Å². The van der Waals surface area contributed by atoms with Gasteiger partial charge < -0.3 is 10.2 Å². The second-order valence-electron chi connectivity index (χ2n) is 9.13. The van der Waals surface area contributed by atoms with Gasteiger partial charge in [-0.05, 0) is 94.3 Å². The summed E-state index contributed by atoms with van der Waals surface area (Å²) in [7, 11) is 0. The van der Waals surface area contributed by atoms with Gasteiger partial charge in [-0.15, -0.1) is 0 Å². The standard InChI is InChI=1S/C24H36BrN3O/c1-2-13-28(23-6-4-18-3-5-21(25)16-20(18)17-23)22-9-14-27(15-10-22)24(29)19-7-11-26-12-8-19/h3,5,16,19,22-23,26H,2,4,6-15,17H2,1H3/t23-/m1/s1. The van der Waals surface area contributed by atoms with Gasteiger partial charge in [-0.1, -0.05) is 28.9 Å². The highest BCUT2D eigenvalue weighted by Gasteiger charge is 2.34. The van der Waals surface area contributed by atoms with Gasteiger partial charge in [-0.3, -0.25) is 9.69 Å². The number of hydrogen-bond acceptors (Lipinski definition) is 3. The van der Waals surface area contributed by atoms with Gasteiger partial charge in [-0.25, -0.2) is 0 Å². The van der Waals surface area contributed by atoms with Crippen LogP contribution in [0, 0.1) is 5.92 Å². The molecule has 0 bridgehead atoms. The molecule has 2 heterocycles. The molecule has 1 aromatic rings. The molecule has 4 nitrogen and oxygen atoms in total. The van der Waals surface area contributed by atoms with Crippen LogP contribution in [0.5, 0.6) is 0 Å². The molecule has 2 aliphatic heterocycles. The highest BCUT2D eigenvalue weighted by Crippen LogP contribution is 2.30. The molecule has 1 atom stereocenters. The number of rotatable bonds is 5. The average molecular weight is 462 g/mol. The van der Waals surface area contributed by atoms with Crippen LogP contribution < -0.4 is 5.32 Å². The second-order valence-corrected chi connectivity index (χ2v) is 10.0. The van der Waals surface area contributed by atoms with Crippen molar-refractivity contribution in [2.24, 2.45) is 5.92 Å². The predicted octanol–water partition coefficient (Wildman–Crippen LogP) is 4.01. The predicted molar refractivity (Wildman–Crippen MR) is 122 cm³/mol. The summed E-state index contributed by atoms with van der Waals surface area (Å²) in [4.78, 5) is 17.9. The Labute approximate surface area is 184 Å². The van der Waals surface area contributed by atoms with Crippen LogP contribution in [-0.2, 0) is 17.6 Å². The fraction of sp³-hybridized carbons (Fsp3) is 0.708. The summed E-state index contributed by atoms with van der Waals surface area (Å²) >= 11 is 3.65. The van der Waals surface area contributed by atoms with Gasteiger partial charge >= 0.3 is 0 Å². The Morgan fingerprint density at radius 1 is 1.10 bits per heavy atom. The molecule has 4 rings (SSSR count). The summed E-state index contributed by atoms with van der Waals surface area (Å²) in [5.74, 6) is 0.677. The molecule has 2 saturated heterocycles. The number of nitrogens with one attached hydrogen (secondary N) is 1. The van der Waals surface area contributed by atoms with Gasteiger partial charge in [-0.2, -0.15) is 0 Å². The van der Waals surface area contributed by atoms with Crippen molar-refractivity contribution in [1.82, 2.24) is 15.1 Å². The molecule has 5 heteroatoms. The van der Waals surface area contributed by atoms with E-state index < -0.39 is 0 Å². The molecule has 0 radical (unpaired) electrons. The van der Waals surface area contributed by atoms with E-state index in [0.29, 0.717) is 18.0 Å². The molecular formula is C24H36BrN3O. The van der Waals surface area contributed by atoms with Crippen LogP contribution in [0.4, 0.5) is 0 Å². The third kappa shape index (κ3) is 5.05. The first kappa shape index (κ1) is 21.3. The molecule has 3 aliphatic rings. The van der Waals surface area contributed by atoms with E-state index in [1.165, 1.54) is 47.8 Å². The Balaban J connectivity index is 1.37. The summed E-state index contributed by atoms with van der Waals surface area (Å²) < 4.78 is 1.20. The SMILES string of the molecule is CCCN(C1CCN(C(=O)C2CCNCC2)CC1)[C@@H]1CCc2ccc(Br)cc2C1. The zero-order valence-corrected chi connectivity index (χ0v) is 19.4. The minimum atomic E-state index is 0.257. The van der Waals surface area contributed by atoms with E-state index in [0.717, 1.165) is 51.9 Å². The van der Waals surface area contributed by atoms with Crippen LogP contribution in [0.1, 0.15) is 56.6 Å². The highest BCUT2D eigenvalue weighted by atomic mass is 79.9. The van der Waals surface area contributed by atoms with Crippen molar-refractivity contribution in [3.8, 4) is 0 Å². The smallest absolute Gasteiger partial charge is 0.225 e. The molecule has 1 amide bonds. The summed E-state index contributed by atoms with van der Waals surface area (Å²) in [5.41, 5.74) is 3.05. The van der Waals surface area contributed by atoms with Crippen molar-refractivity contribution in [3.05, 3.63) is 33.8 Å².